The average Bonchev–Trinajstić information content (AvgIpc) is 3.56. The lowest BCUT2D eigenvalue weighted by Crippen LogP contribution is -2.92. The summed E-state index contributed by atoms with van der Waals surface area (Å²) in [6.07, 6.45) is 0.260. The Morgan fingerprint density at radius 3 is 0.662 bits per heavy atom. The lowest BCUT2D eigenvalue weighted by atomic mass is 10.4. The van der Waals surface area contributed by atoms with Crippen molar-refractivity contribution in [2.45, 2.75) is 19.0 Å². The van der Waals surface area contributed by atoms with Crippen LogP contribution in [-0.4, -0.2) is 101 Å². The lowest BCUT2D eigenvalue weighted by Gasteiger charge is -2.59. The van der Waals surface area contributed by atoms with Crippen LogP contribution in [-0.2, 0) is 57.6 Å². The van der Waals surface area contributed by atoms with Crippen LogP contribution >= 0.6 is 0 Å². The molecule has 0 amide bonds. The van der Waals surface area contributed by atoms with Crippen molar-refractivity contribution in [3.05, 3.63) is 243 Å². The summed E-state index contributed by atoms with van der Waals surface area (Å²) in [4.78, 5) is 0. The number of aliphatic hydroxyl groups excluding tert-OH is 1. The Hall–Kier alpha value is -4.67. The second-order valence-corrected chi connectivity index (χ2v) is 46.7. The van der Waals surface area contributed by atoms with Crippen LogP contribution in [0.15, 0.2) is 243 Å². The molecule has 0 spiro atoms. The third kappa shape index (κ3) is 9.27. The molecule has 2 radical (unpaired) electrons. The Kier molecular flexibility index (Phi) is 13.7. The van der Waals surface area contributed by atoms with E-state index >= 15 is 0 Å². The monoisotopic (exact) mass is 1190 g/mol. The summed E-state index contributed by atoms with van der Waals surface area (Å²) in [5, 5.41) is 15.0. The van der Waals surface area contributed by atoms with E-state index in [4.69, 9.17) is 57.6 Å². The Balaban J connectivity index is 1.30. The predicted molar refractivity (Wildman–Crippen MR) is 304 cm³/mol. The van der Waals surface area contributed by atoms with E-state index in [1.807, 2.05) is 249 Å². The minimum Gasteiger partial charge on any atom is -0.396 e. The van der Waals surface area contributed by atoms with Gasteiger partial charge in [-0.1, -0.05) is 243 Å². The molecule has 0 aromatic heterocycles. The molecule has 1 N–H and O–H groups in total. The molecule has 6 fully saturated rings. The lowest BCUT2D eigenvalue weighted by molar-refractivity contribution is 0.0290. The van der Waals surface area contributed by atoms with Gasteiger partial charge >= 0.3 is 89.0 Å². The number of fused-ring (bicyclic) bond motifs is 4. The quantitative estimate of drug-likeness (QED) is 0.189. The van der Waals surface area contributed by atoms with E-state index in [9.17, 15) is 5.11 Å². The molecule has 8 aromatic carbocycles. The van der Waals surface area contributed by atoms with Gasteiger partial charge in [-0.3, -0.25) is 0 Å². The van der Waals surface area contributed by atoms with Gasteiger partial charge in [0.05, 0.1) is 0 Å². The molecule has 15 nitrogen and oxygen atoms in total. The minimum absolute atomic E-state index is 0.189. The van der Waals surface area contributed by atoms with Crippen molar-refractivity contribution in [2.75, 3.05) is 6.61 Å². The Morgan fingerprint density at radius 2 is 0.455 bits per heavy atom. The summed E-state index contributed by atoms with van der Waals surface area (Å²) in [5.74, 6) is 0. The van der Waals surface area contributed by atoms with Crippen LogP contribution < -0.4 is 41.5 Å². The highest BCUT2D eigenvalue weighted by atomic mass is 28.6. The van der Waals surface area contributed by atoms with Crippen LogP contribution in [0.4, 0.5) is 0 Å². The molecule has 0 aliphatic carbocycles. The summed E-state index contributed by atoms with van der Waals surface area (Å²) in [6.45, 7) is 1.76. The van der Waals surface area contributed by atoms with Gasteiger partial charge < -0.3 is 62.7 Å². The van der Waals surface area contributed by atoms with E-state index in [1.165, 1.54) is 0 Å². The first-order valence-electron chi connectivity index (χ1n) is 25.2. The van der Waals surface area contributed by atoms with Gasteiger partial charge in [0, 0.05) is 48.1 Å². The molecule has 388 valence electrons. The van der Waals surface area contributed by atoms with Crippen molar-refractivity contribution < 1.29 is 62.7 Å². The van der Waals surface area contributed by atoms with Gasteiger partial charge in [-0.15, -0.1) is 0 Å². The first-order valence-corrected chi connectivity index (χ1v) is 42.3. The molecule has 6 saturated heterocycles. The highest BCUT2D eigenvalue weighted by molar-refractivity contribution is 7.12. The summed E-state index contributed by atoms with van der Waals surface area (Å²) >= 11 is 0. The van der Waals surface area contributed by atoms with Crippen molar-refractivity contribution >= 4 is 130 Å². The van der Waals surface area contributed by atoms with Gasteiger partial charge in [-0.2, -0.15) is 0 Å². The van der Waals surface area contributed by atoms with Crippen molar-refractivity contribution in [1.29, 1.82) is 0 Å². The third-order valence-corrected chi connectivity index (χ3v) is 53.1. The van der Waals surface area contributed by atoms with Crippen molar-refractivity contribution in [2.24, 2.45) is 0 Å². The van der Waals surface area contributed by atoms with Gasteiger partial charge in [0.15, 0.2) is 0 Å². The molecule has 6 heterocycles. The van der Waals surface area contributed by atoms with E-state index in [1.54, 1.807) is 0 Å². The SMILES string of the molecule is C[Si]1(CCCO)O[Si]2(c3ccccc3)O[Si]3(c4ccccc4)O[Si]4(c5ccccc5)O[Si]O[Si]5(c6ccccc6)O[Si](c6ccccc6)(O[Si](c6ccccc6)(O1)O[Si](c1ccccc1)(O5)O[Si](c1ccccc1)(O4)O2)O3. The minimum atomic E-state index is -5.07. The van der Waals surface area contributed by atoms with E-state index in [0.29, 0.717) is 41.5 Å². The van der Waals surface area contributed by atoms with Gasteiger partial charge in [0.25, 0.3) is 0 Å². The molecular weight excluding hydrogens is 1150 g/mol. The van der Waals surface area contributed by atoms with Crippen LogP contribution in [0.2, 0.25) is 12.6 Å². The van der Waals surface area contributed by atoms with Crippen molar-refractivity contribution in [3.8, 4) is 0 Å². The van der Waals surface area contributed by atoms with Gasteiger partial charge in [-0.25, -0.2) is 0 Å². The highest BCUT2D eigenvalue weighted by Gasteiger charge is 2.82. The first-order chi connectivity index (χ1) is 37.6. The number of hydrogen-bond acceptors (Lipinski definition) is 15. The smallest absolute Gasteiger partial charge is 0.396 e. The van der Waals surface area contributed by atoms with Gasteiger partial charge in [0.2, 0.25) is 0 Å². The second kappa shape index (κ2) is 20.5. The van der Waals surface area contributed by atoms with Crippen molar-refractivity contribution in [3.63, 3.8) is 0 Å². The number of benzene rings is 8. The van der Waals surface area contributed by atoms with E-state index in [-0.39, 0.29) is 19.1 Å². The van der Waals surface area contributed by atoms with Crippen LogP contribution in [0.25, 0.3) is 0 Å². The third-order valence-electron chi connectivity index (χ3n) is 13.5. The summed E-state index contributed by atoms with van der Waals surface area (Å²) in [5.41, 5.74) is 0. The molecule has 8 bridgehead atoms. The van der Waals surface area contributed by atoms with Crippen LogP contribution in [0.1, 0.15) is 6.42 Å². The molecule has 6 aliphatic rings. The van der Waals surface area contributed by atoms with Crippen LogP contribution in [0.5, 0.6) is 0 Å². The zero-order chi connectivity index (χ0) is 52.1. The average molecular weight is 1200 g/mol. The fraction of sp³-hybridized carbons (Fsp3) is 0.0769. The number of aliphatic hydroxyl groups is 1. The zero-order valence-electron chi connectivity index (χ0n) is 41.4. The maximum absolute atomic E-state index is 10.9. The molecule has 6 aliphatic heterocycles. The Bertz CT molecular complexity index is 2990. The molecule has 4 unspecified atom stereocenters. The summed E-state index contributed by atoms with van der Waals surface area (Å²) in [6, 6.07) is 76.5. The molecule has 14 rings (SSSR count). The topological polar surface area (TPSA) is 149 Å². The standard InChI is InChI=1S/C52H50O15Si10/c1-69(44-26-43-53)56-72(47-31-14-4-15-32-47)62-74(49-35-18-6-19-36-49)58-70(45-27-10-2-11-28-45)54-68-55-71(46-29-12-3-13-30-46)60-76(66-74,51-39-22-8-23-40-51)64-73(57-69,48-33-16-5-17-34-48)65-77(61-71,52-41-24-9-25-42-52)67-75(59-70,63-72)50-37-20-7-21-38-50/h2-25,27-42,53H,26,43-44H2,1H3. The molecule has 4 atom stereocenters. The largest absolute Gasteiger partial charge is 0.515 e. The molecule has 77 heavy (non-hydrogen) atoms. The number of rotatable bonds is 11. The van der Waals surface area contributed by atoms with E-state index in [2.05, 4.69) is 0 Å². The van der Waals surface area contributed by atoms with Crippen LogP contribution in [0, 0.1) is 0 Å². The normalized spacial score (nSPS) is 33.7. The fourth-order valence-corrected chi connectivity index (χ4v) is 61.4. The fourth-order valence-electron chi connectivity index (χ4n) is 10.0. The molecular formula is C52H50O15Si10. The maximum Gasteiger partial charge on any atom is 0.515 e. The van der Waals surface area contributed by atoms with Gasteiger partial charge in [-0.05, 0) is 19.0 Å². The van der Waals surface area contributed by atoms with E-state index in [0.717, 1.165) is 0 Å². The predicted octanol–water partition coefficient (Wildman–Crippen LogP) is 3.04. The van der Waals surface area contributed by atoms with E-state index < -0.39 is 89.0 Å². The second-order valence-electron chi connectivity index (χ2n) is 18.9. The van der Waals surface area contributed by atoms with Crippen molar-refractivity contribution in [1.82, 2.24) is 0 Å². The molecule has 25 heteroatoms. The summed E-state index contributed by atoms with van der Waals surface area (Å²) in [7, 11) is -44.7. The number of hydrogen-bond donors (Lipinski definition) is 1. The Morgan fingerprint density at radius 1 is 0.273 bits per heavy atom. The van der Waals surface area contributed by atoms with Crippen LogP contribution in [0.3, 0.4) is 0 Å². The molecule has 8 aromatic rings. The first kappa shape index (κ1) is 51.7. The van der Waals surface area contributed by atoms with Gasteiger partial charge in [0.1, 0.15) is 0 Å². The zero-order valence-corrected chi connectivity index (χ0v) is 51.4. The Labute approximate surface area is 458 Å². The summed E-state index contributed by atoms with van der Waals surface area (Å²) < 4.78 is 114. The highest BCUT2D eigenvalue weighted by Crippen LogP contribution is 2.46. The molecule has 0 saturated carbocycles. The maximum atomic E-state index is 10.9.